The maximum absolute atomic E-state index is 12.8. The van der Waals surface area contributed by atoms with Gasteiger partial charge in [-0.05, 0) is 55.2 Å². The molecule has 7 heteroatoms. The Bertz CT molecular complexity index is 1190. The highest BCUT2D eigenvalue weighted by Gasteiger charge is 2.17. The van der Waals surface area contributed by atoms with Crippen LogP contribution in [0.2, 0.25) is 0 Å². The fraction of sp³-hybridized carbons (Fsp3) is 0.375. The summed E-state index contributed by atoms with van der Waals surface area (Å²) in [5, 5.41) is 0.576. The number of nitrogens with one attached hydrogen (secondary N) is 1. The van der Waals surface area contributed by atoms with Crippen LogP contribution < -0.4 is 10.5 Å². The van der Waals surface area contributed by atoms with Gasteiger partial charge in [0.1, 0.15) is 0 Å². The summed E-state index contributed by atoms with van der Waals surface area (Å²) in [5.41, 5.74) is 2.92. The van der Waals surface area contributed by atoms with Gasteiger partial charge >= 0.3 is 0 Å². The van der Waals surface area contributed by atoms with Gasteiger partial charge in [-0.2, -0.15) is 0 Å². The van der Waals surface area contributed by atoms with Crippen molar-refractivity contribution in [3.8, 4) is 0 Å². The van der Waals surface area contributed by atoms with Crippen molar-refractivity contribution in [2.75, 3.05) is 25.0 Å². The predicted octanol–water partition coefficient (Wildman–Crippen LogP) is 4.10. The molecule has 0 atom stereocenters. The smallest absolute Gasteiger partial charge is 0.262 e. The Hall–Kier alpha value is -2.93. The minimum absolute atomic E-state index is 0.0112. The number of para-hydroxylation sites is 2. The van der Waals surface area contributed by atoms with Gasteiger partial charge in [-0.1, -0.05) is 30.3 Å². The number of carbonyl (C=O) groups excluding carboxylic acids is 1. The van der Waals surface area contributed by atoms with Gasteiger partial charge in [0.05, 0.1) is 10.9 Å². The normalized spacial score (nSPS) is 14.0. The summed E-state index contributed by atoms with van der Waals surface area (Å²) >= 11 is 5.36. The molecule has 0 spiro atoms. The number of rotatable bonds is 6. The topological polar surface area (TPSA) is 61.3 Å². The van der Waals surface area contributed by atoms with Crippen LogP contribution in [-0.2, 0) is 17.9 Å². The van der Waals surface area contributed by atoms with Gasteiger partial charge < -0.3 is 14.8 Å². The lowest BCUT2D eigenvalue weighted by molar-refractivity contribution is -0.130. The maximum atomic E-state index is 12.8. The highest BCUT2D eigenvalue weighted by atomic mass is 32.1. The van der Waals surface area contributed by atoms with E-state index < -0.39 is 0 Å². The molecule has 0 radical (unpaired) electrons. The van der Waals surface area contributed by atoms with Crippen LogP contribution >= 0.6 is 12.2 Å². The molecule has 1 aliphatic rings. The molecule has 1 saturated heterocycles. The number of aromatic nitrogens is 2. The number of fused-ring (bicyclic) bond motifs is 1. The van der Waals surface area contributed by atoms with Crippen LogP contribution in [0.1, 0.15) is 31.2 Å². The molecule has 2 aromatic carbocycles. The highest BCUT2D eigenvalue weighted by Crippen LogP contribution is 2.25. The van der Waals surface area contributed by atoms with Crippen LogP contribution in [0, 0.1) is 4.77 Å². The second kappa shape index (κ2) is 9.47. The third-order valence-electron chi connectivity index (χ3n) is 5.96. The summed E-state index contributed by atoms with van der Waals surface area (Å²) in [7, 11) is 1.82. The number of aromatic amines is 1. The number of H-pyrrole nitrogens is 1. The van der Waals surface area contributed by atoms with Gasteiger partial charge in [-0.3, -0.25) is 14.2 Å². The van der Waals surface area contributed by atoms with Crippen molar-refractivity contribution in [2.24, 2.45) is 0 Å². The first kappa shape index (κ1) is 21.3. The SMILES string of the molecule is CN(Cc1ccccc1N1CCCCC1)C(=O)CCn1c(=S)[nH]c2ccccc2c1=O. The highest BCUT2D eigenvalue weighted by molar-refractivity contribution is 7.71. The summed E-state index contributed by atoms with van der Waals surface area (Å²) < 4.78 is 1.82. The van der Waals surface area contributed by atoms with E-state index in [0.29, 0.717) is 22.2 Å². The molecule has 0 bridgehead atoms. The quantitative estimate of drug-likeness (QED) is 0.591. The summed E-state index contributed by atoms with van der Waals surface area (Å²) in [5.74, 6) is -0.0112. The predicted molar refractivity (Wildman–Crippen MR) is 127 cm³/mol. The summed E-state index contributed by atoms with van der Waals surface area (Å²) in [6, 6.07) is 15.6. The van der Waals surface area contributed by atoms with Crippen LogP contribution in [0.15, 0.2) is 53.3 Å². The molecule has 1 fully saturated rings. The molecule has 3 aromatic rings. The molecule has 0 unspecified atom stereocenters. The molecule has 1 aliphatic heterocycles. The Kier molecular flexibility index (Phi) is 6.51. The zero-order valence-electron chi connectivity index (χ0n) is 17.8. The van der Waals surface area contributed by atoms with E-state index in [9.17, 15) is 9.59 Å². The number of amides is 1. The lowest BCUT2D eigenvalue weighted by Crippen LogP contribution is -2.32. The van der Waals surface area contributed by atoms with E-state index in [1.54, 1.807) is 11.0 Å². The third kappa shape index (κ3) is 4.71. The first-order chi connectivity index (χ1) is 15.0. The van der Waals surface area contributed by atoms with Gasteiger partial charge in [0.15, 0.2) is 4.77 Å². The Morgan fingerprint density at radius 3 is 2.58 bits per heavy atom. The lowest BCUT2D eigenvalue weighted by atomic mass is 10.1. The second-order valence-electron chi connectivity index (χ2n) is 8.11. The molecule has 31 heavy (non-hydrogen) atoms. The fourth-order valence-electron chi connectivity index (χ4n) is 4.23. The van der Waals surface area contributed by atoms with E-state index in [2.05, 4.69) is 28.1 Å². The van der Waals surface area contributed by atoms with Crippen LogP contribution in [0.4, 0.5) is 5.69 Å². The molecular formula is C24H28N4O2S. The Labute approximate surface area is 187 Å². The van der Waals surface area contributed by atoms with Crippen molar-refractivity contribution < 1.29 is 4.79 Å². The first-order valence-corrected chi connectivity index (χ1v) is 11.2. The van der Waals surface area contributed by atoms with E-state index in [1.807, 2.05) is 31.3 Å². The Balaban J connectivity index is 1.45. The third-order valence-corrected chi connectivity index (χ3v) is 6.28. The number of piperidine rings is 1. The molecular weight excluding hydrogens is 408 g/mol. The van der Waals surface area contributed by atoms with Gasteiger partial charge in [-0.25, -0.2) is 0 Å². The number of anilines is 1. The number of nitrogens with zero attached hydrogens (tertiary/aromatic N) is 3. The summed E-state index contributed by atoms with van der Waals surface area (Å²) in [4.78, 5) is 32.9. The molecule has 0 aliphatic carbocycles. The monoisotopic (exact) mass is 436 g/mol. The molecule has 1 amide bonds. The molecule has 162 valence electrons. The van der Waals surface area contributed by atoms with Crippen molar-refractivity contribution in [1.82, 2.24) is 14.5 Å². The lowest BCUT2D eigenvalue weighted by Gasteiger charge is -2.31. The van der Waals surface area contributed by atoms with Gasteiger partial charge in [0.25, 0.3) is 5.56 Å². The number of carbonyl (C=O) groups is 1. The number of benzene rings is 2. The summed E-state index contributed by atoms with van der Waals surface area (Å²) in [6.07, 6.45) is 3.93. The average molecular weight is 437 g/mol. The van der Waals surface area contributed by atoms with Crippen molar-refractivity contribution in [3.05, 3.63) is 69.2 Å². The molecule has 4 rings (SSSR count). The fourth-order valence-corrected chi connectivity index (χ4v) is 4.52. The Morgan fingerprint density at radius 2 is 1.77 bits per heavy atom. The average Bonchev–Trinajstić information content (AvgIpc) is 2.79. The van der Waals surface area contributed by atoms with Gasteiger partial charge in [0.2, 0.25) is 5.91 Å². The van der Waals surface area contributed by atoms with Gasteiger partial charge in [-0.15, -0.1) is 0 Å². The van der Waals surface area contributed by atoms with E-state index in [4.69, 9.17) is 12.2 Å². The molecule has 1 N–H and O–H groups in total. The van der Waals surface area contributed by atoms with Crippen LogP contribution in [0.25, 0.3) is 10.9 Å². The van der Waals surface area contributed by atoms with Crippen molar-refractivity contribution in [3.63, 3.8) is 0 Å². The standard InChI is InChI=1S/C24H28N4O2S/c1-26(17-18-9-3-6-12-21(18)27-14-7-2-8-15-27)22(29)13-16-28-23(30)19-10-4-5-11-20(19)25-24(28)31/h3-6,9-12H,2,7-8,13-17H2,1H3,(H,25,31). The van der Waals surface area contributed by atoms with E-state index >= 15 is 0 Å². The maximum Gasteiger partial charge on any atom is 0.262 e. The minimum Gasteiger partial charge on any atom is -0.371 e. The van der Waals surface area contributed by atoms with E-state index in [0.717, 1.165) is 18.7 Å². The van der Waals surface area contributed by atoms with Gasteiger partial charge in [0, 0.05) is 45.3 Å². The number of hydrogen-bond acceptors (Lipinski definition) is 4. The zero-order valence-corrected chi connectivity index (χ0v) is 18.7. The van der Waals surface area contributed by atoms with Crippen molar-refractivity contribution in [2.45, 2.75) is 38.8 Å². The first-order valence-electron chi connectivity index (χ1n) is 10.8. The van der Waals surface area contributed by atoms with Crippen molar-refractivity contribution in [1.29, 1.82) is 0 Å². The zero-order chi connectivity index (χ0) is 21.8. The molecule has 1 aromatic heterocycles. The van der Waals surface area contributed by atoms with Crippen LogP contribution in [-0.4, -0.2) is 40.5 Å². The second-order valence-corrected chi connectivity index (χ2v) is 8.50. The molecule has 0 saturated carbocycles. The summed E-state index contributed by atoms with van der Waals surface area (Å²) in [6.45, 7) is 2.94. The largest absolute Gasteiger partial charge is 0.371 e. The van der Waals surface area contributed by atoms with E-state index in [1.165, 1.54) is 29.5 Å². The molecule has 2 heterocycles. The van der Waals surface area contributed by atoms with E-state index in [-0.39, 0.29) is 24.4 Å². The number of hydrogen-bond donors (Lipinski definition) is 1. The molecule has 6 nitrogen and oxygen atoms in total. The van der Waals surface area contributed by atoms with Crippen molar-refractivity contribution >= 4 is 34.7 Å². The Morgan fingerprint density at radius 1 is 1.06 bits per heavy atom. The van der Waals surface area contributed by atoms with Crippen LogP contribution in [0.5, 0.6) is 0 Å². The minimum atomic E-state index is -0.162. The van der Waals surface area contributed by atoms with Crippen LogP contribution in [0.3, 0.4) is 0 Å².